The highest BCUT2D eigenvalue weighted by Gasteiger charge is 2.43. The van der Waals surface area contributed by atoms with Crippen molar-refractivity contribution in [2.45, 2.75) is 38.3 Å². The van der Waals surface area contributed by atoms with Gasteiger partial charge in [-0.05, 0) is 61.5 Å². The molecule has 2 saturated heterocycles. The van der Waals surface area contributed by atoms with E-state index in [1.165, 1.54) is 18.9 Å². The van der Waals surface area contributed by atoms with Crippen molar-refractivity contribution in [1.82, 2.24) is 34.7 Å². The van der Waals surface area contributed by atoms with E-state index in [-0.39, 0.29) is 22.7 Å². The van der Waals surface area contributed by atoms with Crippen LogP contribution in [0.3, 0.4) is 0 Å². The number of likely N-dealkylation sites (tertiary alicyclic amines) is 1. The smallest absolute Gasteiger partial charge is 0.229 e. The molecule has 7 rings (SSSR count). The Morgan fingerprint density at radius 1 is 1.03 bits per heavy atom. The van der Waals surface area contributed by atoms with Gasteiger partial charge in [-0.15, -0.1) is 0 Å². The third-order valence-electron chi connectivity index (χ3n) is 8.34. The van der Waals surface area contributed by atoms with E-state index in [9.17, 15) is 13.2 Å². The molecule has 0 amide bonds. The summed E-state index contributed by atoms with van der Waals surface area (Å²) >= 11 is 0. The number of aromatic nitrogens is 5. The van der Waals surface area contributed by atoms with E-state index in [1.807, 2.05) is 18.3 Å². The van der Waals surface area contributed by atoms with Crippen molar-refractivity contribution in [3.8, 4) is 11.3 Å². The zero-order chi connectivity index (χ0) is 26.6. The maximum absolute atomic E-state index is 15.0. The number of fused-ring (bicyclic) bond motifs is 3. The Bertz CT molecular complexity index is 1520. The lowest BCUT2D eigenvalue weighted by atomic mass is 9.72. The van der Waals surface area contributed by atoms with E-state index < -0.39 is 24.4 Å². The van der Waals surface area contributed by atoms with Gasteiger partial charge in [-0.2, -0.15) is 0 Å². The van der Waals surface area contributed by atoms with Crippen LogP contribution in [0.5, 0.6) is 0 Å². The molecule has 2 N–H and O–H groups in total. The molecule has 3 aliphatic rings. The number of halogens is 3. The topological polar surface area (TPSA) is 83.8 Å². The van der Waals surface area contributed by atoms with E-state index >= 15 is 0 Å². The summed E-state index contributed by atoms with van der Waals surface area (Å²) in [6, 6.07) is 6.29. The van der Waals surface area contributed by atoms with Crippen LogP contribution in [0.15, 0.2) is 36.7 Å². The third-order valence-corrected chi connectivity index (χ3v) is 8.34. The highest BCUT2D eigenvalue weighted by molar-refractivity contribution is 5.83. The minimum atomic E-state index is -0.688. The van der Waals surface area contributed by atoms with Crippen LogP contribution < -0.4 is 10.6 Å². The van der Waals surface area contributed by atoms with Crippen molar-refractivity contribution in [2.24, 2.45) is 5.41 Å². The van der Waals surface area contributed by atoms with E-state index in [0.29, 0.717) is 35.4 Å². The van der Waals surface area contributed by atoms with Gasteiger partial charge < -0.3 is 15.2 Å². The first-order chi connectivity index (χ1) is 19.0. The molecular weight excluding hydrogens is 505 g/mol. The molecule has 0 bridgehead atoms. The first-order valence-corrected chi connectivity index (χ1v) is 13.4. The van der Waals surface area contributed by atoms with Crippen molar-refractivity contribution in [3.63, 3.8) is 0 Å². The standard InChI is InChI=1S/C28H29F3N8/c29-11-19-2-4-24-36-26-20(30)9-18(10-22(26)39(19)24)25-21(31)13-34-27(37-25)35-23-3-1-17(12-33-23)14-38-15-28(16-38)5-7-32-8-6-28/h1,3,9-10,12-13,19,32H,2,4-8,11,14-16H2,(H,33,34,35,37). The summed E-state index contributed by atoms with van der Waals surface area (Å²) in [6.07, 6.45) is 6.55. The van der Waals surface area contributed by atoms with Gasteiger partial charge in [0.2, 0.25) is 5.95 Å². The first kappa shape index (κ1) is 24.5. The van der Waals surface area contributed by atoms with Crippen LogP contribution in [0.25, 0.3) is 22.3 Å². The Labute approximate surface area is 223 Å². The van der Waals surface area contributed by atoms with Gasteiger partial charge in [-0.25, -0.2) is 33.1 Å². The number of nitrogens with one attached hydrogen (secondary N) is 2. The number of hydrogen-bond donors (Lipinski definition) is 2. The number of alkyl halides is 1. The molecule has 4 aromatic rings. The van der Waals surface area contributed by atoms with Crippen LogP contribution in [-0.4, -0.2) is 62.3 Å². The molecule has 0 saturated carbocycles. The number of benzene rings is 1. The molecule has 39 heavy (non-hydrogen) atoms. The van der Waals surface area contributed by atoms with Crippen molar-refractivity contribution in [2.75, 3.05) is 38.2 Å². The Morgan fingerprint density at radius 2 is 1.87 bits per heavy atom. The fraction of sp³-hybridized carbons (Fsp3) is 0.429. The zero-order valence-electron chi connectivity index (χ0n) is 21.4. The van der Waals surface area contributed by atoms with Crippen LogP contribution in [0.2, 0.25) is 0 Å². The van der Waals surface area contributed by atoms with E-state index in [4.69, 9.17) is 0 Å². The lowest BCUT2D eigenvalue weighted by Gasteiger charge is -2.52. The minimum Gasteiger partial charge on any atom is -0.322 e. The second-order valence-electron chi connectivity index (χ2n) is 11.0. The Kier molecular flexibility index (Phi) is 6.00. The number of anilines is 2. The Morgan fingerprint density at radius 3 is 2.64 bits per heavy atom. The number of piperidine rings is 1. The molecule has 3 aliphatic heterocycles. The van der Waals surface area contributed by atoms with Gasteiger partial charge in [0.15, 0.2) is 11.6 Å². The van der Waals surface area contributed by atoms with Crippen molar-refractivity contribution < 1.29 is 13.2 Å². The van der Waals surface area contributed by atoms with Crippen LogP contribution >= 0.6 is 0 Å². The van der Waals surface area contributed by atoms with Crippen LogP contribution in [0, 0.1) is 17.0 Å². The molecule has 0 radical (unpaired) electrons. The van der Waals surface area contributed by atoms with Crippen LogP contribution in [0.4, 0.5) is 24.9 Å². The highest BCUT2D eigenvalue weighted by Crippen LogP contribution is 2.39. The Balaban J connectivity index is 1.08. The van der Waals surface area contributed by atoms with Gasteiger partial charge >= 0.3 is 0 Å². The first-order valence-electron chi connectivity index (χ1n) is 13.4. The fourth-order valence-electron chi connectivity index (χ4n) is 6.37. The number of imidazole rings is 1. The number of hydrogen-bond acceptors (Lipinski definition) is 7. The zero-order valence-corrected chi connectivity index (χ0v) is 21.4. The molecule has 1 atom stereocenters. The molecule has 11 heteroatoms. The molecule has 0 aliphatic carbocycles. The number of aryl methyl sites for hydroxylation is 1. The second kappa shape index (κ2) is 9.56. The summed E-state index contributed by atoms with van der Waals surface area (Å²) in [5.41, 5.74) is 2.39. The summed E-state index contributed by atoms with van der Waals surface area (Å²) in [7, 11) is 0. The summed E-state index contributed by atoms with van der Waals surface area (Å²) in [5, 5.41) is 6.46. The van der Waals surface area contributed by atoms with Crippen LogP contribution in [0.1, 0.15) is 36.7 Å². The maximum Gasteiger partial charge on any atom is 0.229 e. The number of nitrogens with zero attached hydrogens (tertiary/aromatic N) is 6. The highest BCUT2D eigenvalue weighted by atomic mass is 19.1. The largest absolute Gasteiger partial charge is 0.322 e. The van der Waals surface area contributed by atoms with Crippen LogP contribution in [-0.2, 0) is 13.0 Å². The van der Waals surface area contributed by atoms with Gasteiger partial charge in [0, 0.05) is 37.8 Å². The maximum atomic E-state index is 15.0. The van der Waals surface area contributed by atoms with E-state index in [0.717, 1.165) is 44.5 Å². The van der Waals surface area contributed by atoms with Gasteiger partial charge in [-0.1, -0.05) is 6.07 Å². The average molecular weight is 535 g/mol. The van der Waals surface area contributed by atoms with Gasteiger partial charge in [-0.3, -0.25) is 4.90 Å². The minimum absolute atomic E-state index is 0.0557. The molecule has 2 fully saturated rings. The van der Waals surface area contributed by atoms with Crippen molar-refractivity contribution in [1.29, 1.82) is 0 Å². The lowest BCUT2D eigenvalue weighted by molar-refractivity contribution is -0.0282. The van der Waals surface area contributed by atoms with Crippen molar-refractivity contribution in [3.05, 3.63) is 59.7 Å². The Hall–Kier alpha value is -3.57. The summed E-state index contributed by atoms with van der Waals surface area (Å²) < 4.78 is 45.1. The molecule has 1 spiro atoms. The predicted molar refractivity (Wildman–Crippen MR) is 141 cm³/mol. The third kappa shape index (κ3) is 4.43. The molecule has 3 aromatic heterocycles. The predicted octanol–water partition coefficient (Wildman–Crippen LogP) is 4.55. The molecule has 1 aromatic carbocycles. The normalized spacial score (nSPS) is 20.3. The number of rotatable bonds is 6. The fourth-order valence-corrected chi connectivity index (χ4v) is 6.37. The van der Waals surface area contributed by atoms with Gasteiger partial charge in [0.05, 0.1) is 17.8 Å². The molecule has 8 nitrogen and oxygen atoms in total. The van der Waals surface area contributed by atoms with Gasteiger partial charge in [0.25, 0.3) is 0 Å². The average Bonchev–Trinajstić information content (AvgIpc) is 3.50. The van der Waals surface area contributed by atoms with Crippen molar-refractivity contribution >= 4 is 22.8 Å². The molecular formula is C28H29F3N8. The quantitative estimate of drug-likeness (QED) is 0.376. The summed E-state index contributed by atoms with van der Waals surface area (Å²) in [6.45, 7) is 4.76. The number of pyridine rings is 1. The monoisotopic (exact) mass is 534 g/mol. The summed E-state index contributed by atoms with van der Waals surface area (Å²) in [4.78, 5) is 19.7. The molecule has 202 valence electrons. The lowest BCUT2D eigenvalue weighted by Crippen LogP contribution is -2.59. The summed E-state index contributed by atoms with van der Waals surface area (Å²) in [5.74, 6) is 0.0224. The molecule has 6 heterocycles. The SMILES string of the molecule is FCC1CCc2nc3c(F)cc(-c4nc(Nc5ccc(CN6CC7(CCNCC7)C6)cn5)ncc4F)cc3n21. The molecule has 1 unspecified atom stereocenters. The van der Waals surface area contributed by atoms with E-state index in [2.05, 4.69) is 35.5 Å². The second-order valence-corrected chi connectivity index (χ2v) is 11.0. The van der Waals surface area contributed by atoms with E-state index in [1.54, 1.807) is 10.6 Å². The van der Waals surface area contributed by atoms with Gasteiger partial charge in [0.1, 0.15) is 29.5 Å².